The van der Waals surface area contributed by atoms with Crippen LogP contribution in [0.4, 0.5) is 5.82 Å². The van der Waals surface area contributed by atoms with Crippen LogP contribution in [0.25, 0.3) is 11.1 Å². The topological polar surface area (TPSA) is 56.1 Å². The second-order valence-corrected chi connectivity index (χ2v) is 6.56. The molecule has 4 rings (SSSR count). The van der Waals surface area contributed by atoms with Crippen molar-refractivity contribution >= 4 is 11.7 Å². The highest BCUT2D eigenvalue weighted by molar-refractivity contribution is 5.91. The molecule has 1 amide bonds. The van der Waals surface area contributed by atoms with Gasteiger partial charge in [-0.2, -0.15) is 5.10 Å². The lowest BCUT2D eigenvalue weighted by Crippen LogP contribution is -2.22. The number of rotatable bonds is 7. The third-order valence-electron chi connectivity index (χ3n) is 4.49. The van der Waals surface area contributed by atoms with Crippen LogP contribution in [0.5, 0.6) is 5.75 Å². The van der Waals surface area contributed by atoms with Crippen molar-refractivity contribution in [2.75, 3.05) is 11.9 Å². The summed E-state index contributed by atoms with van der Waals surface area (Å²) in [5.74, 6) is 1.08. The predicted octanol–water partition coefficient (Wildman–Crippen LogP) is 4.62. The molecule has 0 aliphatic carbocycles. The lowest BCUT2D eigenvalue weighted by Gasteiger charge is -2.12. The van der Waals surface area contributed by atoms with Gasteiger partial charge in [0.25, 0.3) is 5.91 Å². The number of ether oxygens (including phenoxy) is 1. The Morgan fingerprint density at radius 1 is 0.862 bits per heavy atom. The van der Waals surface area contributed by atoms with E-state index in [9.17, 15) is 4.79 Å². The summed E-state index contributed by atoms with van der Waals surface area (Å²) >= 11 is 0. The average molecular weight is 383 g/mol. The van der Waals surface area contributed by atoms with Crippen molar-refractivity contribution in [3.63, 3.8) is 0 Å². The van der Waals surface area contributed by atoms with Gasteiger partial charge in [0.15, 0.2) is 6.61 Å². The first kappa shape index (κ1) is 18.5. The van der Waals surface area contributed by atoms with Crippen LogP contribution >= 0.6 is 0 Å². The molecule has 0 spiro atoms. The van der Waals surface area contributed by atoms with Gasteiger partial charge in [-0.3, -0.25) is 4.79 Å². The van der Waals surface area contributed by atoms with Crippen molar-refractivity contribution in [2.24, 2.45) is 0 Å². The van der Waals surface area contributed by atoms with Crippen molar-refractivity contribution in [3.05, 3.63) is 103 Å². The second-order valence-electron chi connectivity index (χ2n) is 6.56. The van der Waals surface area contributed by atoms with E-state index in [0.29, 0.717) is 18.1 Å². The van der Waals surface area contributed by atoms with Gasteiger partial charge in [-0.1, -0.05) is 78.9 Å². The van der Waals surface area contributed by atoms with E-state index in [2.05, 4.69) is 10.4 Å². The summed E-state index contributed by atoms with van der Waals surface area (Å²) in [4.78, 5) is 12.5. The highest BCUT2D eigenvalue weighted by Gasteiger charge is 2.11. The molecule has 0 saturated heterocycles. The molecule has 3 aromatic carbocycles. The van der Waals surface area contributed by atoms with Gasteiger partial charge < -0.3 is 10.1 Å². The molecule has 0 aliphatic rings. The molecule has 0 saturated carbocycles. The number of hydrogen-bond acceptors (Lipinski definition) is 3. The molecule has 4 aromatic rings. The summed E-state index contributed by atoms with van der Waals surface area (Å²) < 4.78 is 7.57. The van der Waals surface area contributed by atoms with Crippen LogP contribution in [-0.2, 0) is 11.3 Å². The van der Waals surface area contributed by atoms with Crippen LogP contribution < -0.4 is 10.1 Å². The number of nitrogens with one attached hydrogen (secondary N) is 1. The van der Waals surface area contributed by atoms with E-state index >= 15 is 0 Å². The molecule has 0 atom stereocenters. The number of carbonyl (C=O) groups excluding carboxylic acids is 1. The van der Waals surface area contributed by atoms with Crippen LogP contribution in [0.2, 0.25) is 0 Å². The van der Waals surface area contributed by atoms with Crippen LogP contribution in [0.3, 0.4) is 0 Å². The van der Waals surface area contributed by atoms with Gasteiger partial charge in [0.1, 0.15) is 11.6 Å². The maximum atomic E-state index is 12.5. The Kier molecular flexibility index (Phi) is 5.67. The number of benzene rings is 3. The molecule has 5 nitrogen and oxygen atoms in total. The van der Waals surface area contributed by atoms with E-state index in [0.717, 1.165) is 16.7 Å². The molecule has 1 aromatic heterocycles. The SMILES string of the molecule is O=C(COc1ccccc1-c1ccccc1)Nc1ccnn1Cc1ccccc1. The fourth-order valence-electron chi connectivity index (χ4n) is 3.09. The molecule has 1 N–H and O–H groups in total. The first-order chi connectivity index (χ1) is 14.3. The zero-order valence-electron chi connectivity index (χ0n) is 15.9. The number of hydrogen-bond donors (Lipinski definition) is 1. The third-order valence-corrected chi connectivity index (χ3v) is 4.49. The van der Waals surface area contributed by atoms with Gasteiger partial charge in [0.05, 0.1) is 12.7 Å². The van der Waals surface area contributed by atoms with Gasteiger partial charge in [-0.05, 0) is 17.2 Å². The summed E-state index contributed by atoms with van der Waals surface area (Å²) in [6.07, 6.45) is 1.67. The summed E-state index contributed by atoms with van der Waals surface area (Å²) in [6.45, 7) is 0.502. The zero-order chi connectivity index (χ0) is 19.9. The third kappa shape index (κ3) is 4.71. The number of anilines is 1. The standard InChI is InChI=1S/C24H21N3O2/c28-24(26-23-15-16-25-27(23)17-19-9-3-1-4-10-19)18-29-22-14-8-7-13-21(22)20-11-5-2-6-12-20/h1-16H,17-18H2,(H,26,28). The van der Waals surface area contributed by atoms with Crippen molar-refractivity contribution in [1.82, 2.24) is 9.78 Å². The number of nitrogens with zero attached hydrogens (tertiary/aromatic N) is 2. The summed E-state index contributed by atoms with van der Waals surface area (Å²) in [6, 6.07) is 29.4. The lowest BCUT2D eigenvalue weighted by atomic mass is 10.1. The minimum Gasteiger partial charge on any atom is -0.483 e. The van der Waals surface area contributed by atoms with Gasteiger partial charge >= 0.3 is 0 Å². The molecular formula is C24H21N3O2. The quantitative estimate of drug-likeness (QED) is 0.507. The molecule has 0 aliphatic heterocycles. The fraction of sp³-hybridized carbons (Fsp3) is 0.0833. The van der Waals surface area contributed by atoms with E-state index < -0.39 is 0 Å². The highest BCUT2D eigenvalue weighted by Crippen LogP contribution is 2.29. The number of para-hydroxylation sites is 1. The second kappa shape index (κ2) is 8.89. The van der Waals surface area contributed by atoms with Gasteiger partial charge in [0.2, 0.25) is 0 Å². The highest BCUT2D eigenvalue weighted by atomic mass is 16.5. The van der Waals surface area contributed by atoms with E-state index in [-0.39, 0.29) is 12.5 Å². The summed E-state index contributed by atoms with van der Waals surface area (Å²) in [7, 11) is 0. The van der Waals surface area contributed by atoms with E-state index in [1.807, 2.05) is 84.9 Å². The van der Waals surface area contributed by atoms with Crippen molar-refractivity contribution < 1.29 is 9.53 Å². The van der Waals surface area contributed by atoms with E-state index in [1.54, 1.807) is 16.9 Å². The summed E-state index contributed by atoms with van der Waals surface area (Å²) in [5.41, 5.74) is 3.11. The molecular weight excluding hydrogens is 362 g/mol. The molecule has 0 radical (unpaired) electrons. The first-order valence-electron chi connectivity index (χ1n) is 9.42. The Labute approximate surface area is 169 Å². The van der Waals surface area contributed by atoms with Crippen LogP contribution in [0, 0.1) is 0 Å². The van der Waals surface area contributed by atoms with E-state index in [4.69, 9.17) is 4.74 Å². The summed E-state index contributed by atoms with van der Waals surface area (Å²) in [5, 5.41) is 7.17. The zero-order valence-corrected chi connectivity index (χ0v) is 15.9. The maximum Gasteiger partial charge on any atom is 0.263 e. The van der Waals surface area contributed by atoms with Gasteiger partial charge in [-0.15, -0.1) is 0 Å². The minimum atomic E-state index is -0.234. The number of amides is 1. The molecule has 29 heavy (non-hydrogen) atoms. The van der Waals surface area contributed by atoms with Crippen LogP contribution in [-0.4, -0.2) is 22.3 Å². The van der Waals surface area contributed by atoms with Crippen LogP contribution in [0.1, 0.15) is 5.56 Å². The minimum absolute atomic E-state index is 0.0830. The monoisotopic (exact) mass is 383 g/mol. The Hall–Kier alpha value is -3.86. The maximum absolute atomic E-state index is 12.5. The normalized spacial score (nSPS) is 10.5. The number of aromatic nitrogens is 2. The Morgan fingerprint density at radius 3 is 2.34 bits per heavy atom. The van der Waals surface area contributed by atoms with Crippen molar-refractivity contribution in [2.45, 2.75) is 6.54 Å². The molecule has 0 fully saturated rings. The molecule has 144 valence electrons. The van der Waals surface area contributed by atoms with Crippen molar-refractivity contribution in [1.29, 1.82) is 0 Å². The average Bonchev–Trinajstić information content (AvgIpc) is 3.20. The van der Waals surface area contributed by atoms with E-state index in [1.165, 1.54) is 0 Å². The Balaban J connectivity index is 1.40. The number of carbonyl (C=O) groups is 1. The van der Waals surface area contributed by atoms with Crippen LogP contribution in [0.15, 0.2) is 97.2 Å². The molecule has 1 heterocycles. The predicted molar refractivity (Wildman–Crippen MR) is 114 cm³/mol. The molecule has 0 unspecified atom stereocenters. The fourth-order valence-corrected chi connectivity index (χ4v) is 3.09. The van der Waals surface area contributed by atoms with Crippen molar-refractivity contribution in [3.8, 4) is 16.9 Å². The molecule has 5 heteroatoms. The van der Waals surface area contributed by atoms with Gasteiger partial charge in [-0.25, -0.2) is 4.68 Å². The van der Waals surface area contributed by atoms with Gasteiger partial charge in [0, 0.05) is 11.6 Å². The molecule has 0 bridgehead atoms. The smallest absolute Gasteiger partial charge is 0.263 e. The Bertz CT molecular complexity index is 1080. The first-order valence-corrected chi connectivity index (χ1v) is 9.42. The Morgan fingerprint density at radius 2 is 1.55 bits per heavy atom. The largest absolute Gasteiger partial charge is 0.483 e. The lowest BCUT2D eigenvalue weighted by molar-refractivity contribution is -0.118.